The van der Waals surface area contributed by atoms with Crippen LogP contribution >= 0.6 is 0 Å². The summed E-state index contributed by atoms with van der Waals surface area (Å²) in [5.74, 6) is 5.66. The summed E-state index contributed by atoms with van der Waals surface area (Å²) in [6, 6.07) is 0. The third-order valence-corrected chi connectivity index (χ3v) is 13.5. The lowest BCUT2D eigenvalue weighted by Gasteiger charge is -2.58. The van der Waals surface area contributed by atoms with Crippen molar-refractivity contribution in [3.8, 4) is 0 Å². The number of fused-ring (bicyclic) bond motifs is 5. The van der Waals surface area contributed by atoms with Gasteiger partial charge in [-0.3, -0.25) is 0 Å². The Balaban J connectivity index is 1.24. The second kappa shape index (κ2) is 12.5. The summed E-state index contributed by atoms with van der Waals surface area (Å²) in [6.45, 7) is 14.5. The highest BCUT2D eigenvalue weighted by Gasteiger charge is 2.59. The van der Waals surface area contributed by atoms with Crippen LogP contribution in [0.5, 0.6) is 0 Å². The highest BCUT2D eigenvalue weighted by Crippen LogP contribution is 2.67. The summed E-state index contributed by atoms with van der Waals surface area (Å²) in [6.07, 6.45) is 9.92. The fourth-order valence-electron chi connectivity index (χ4n) is 10.8. The van der Waals surface area contributed by atoms with Crippen LogP contribution in [0.1, 0.15) is 112 Å². The van der Waals surface area contributed by atoms with Gasteiger partial charge in [-0.1, -0.05) is 66.0 Å². The van der Waals surface area contributed by atoms with Gasteiger partial charge in [0.15, 0.2) is 6.29 Å². The summed E-state index contributed by atoms with van der Waals surface area (Å²) in [5.41, 5.74) is 2.19. The van der Waals surface area contributed by atoms with Gasteiger partial charge in [0, 0.05) is 0 Å². The number of hydrogen-bond donors (Lipinski definition) is 4. The first-order valence-corrected chi connectivity index (χ1v) is 17.1. The smallest absolute Gasteiger partial charge is 0.186 e. The molecule has 1 heterocycles. The molecule has 6 heteroatoms. The van der Waals surface area contributed by atoms with Gasteiger partial charge in [-0.25, -0.2) is 0 Å². The zero-order valence-corrected chi connectivity index (χ0v) is 26.7. The van der Waals surface area contributed by atoms with Crippen molar-refractivity contribution in [1.29, 1.82) is 0 Å². The molecule has 0 radical (unpaired) electrons. The van der Waals surface area contributed by atoms with Crippen LogP contribution in [0.2, 0.25) is 0 Å². The number of aliphatic hydroxyl groups excluding tert-OH is 4. The fraction of sp³-hybridized carbons (Fsp3) is 0.943. The van der Waals surface area contributed by atoms with Gasteiger partial charge in [0.05, 0.1) is 12.7 Å². The van der Waals surface area contributed by atoms with E-state index in [2.05, 4.69) is 47.6 Å². The molecule has 0 bridgehead atoms. The minimum absolute atomic E-state index is 0.101. The second-order valence-electron chi connectivity index (χ2n) is 15.7. The van der Waals surface area contributed by atoms with Crippen LogP contribution in [0, 0.1) is 52.3 Å². The van der Waals surface area contributed by atoms with Crippen LogP contribution in [0.15, 0.2) is 11.6 Å². The van der Waals surface area contributed by atoms with E-state index in [1.54, 1.807) is 0 Å². The molecule has 0 spiro atoms. The zero-order chi connectivity index (χ0) is 29.7. The Labute approximate surface area is 249 Å². The van der Waals surface area contributed by atoms with E-state index < -0.39 is 37.3 Å². The quantitative estimate of drug-likeness (QED) is 0.257. The Morgan fingerprint density at radius 3 is 2.39 bits per heavy atom. The van der Waals surface area contributed by atoms with E-state index in [-0.39, 0.29) is 11.5 Å². The van der Waals surface area contributed by atoms with Crippen molar-refractivity contribution in [1.82, 2.24) is 0 Å². The number of aliphatic hydroxyl groups is 4. The van der Waals surface area contributed by atoms with Gasteiger partial charge in [-0.15, -0.1) is 0 Å². The molecule has 5 aliphatic rings. The summed E-state index contributed by atoms with van der Waals surface area (Å²) in [4.78, 5) is 0. The molecule has 4 fully saturated rings. The van der Waals surface area contributed by atoms with Crippen molar-refractivity contribution < 1.29 is 29.9 Å². The van der Waals surface area contributed by atoms with Crippen molar-refractivity contribution in [2.45, 2.75) is 149 Å². The summed E-state index contributed by atoms with van der Waals surface area (Å²) in [7, 11) is 0. The number of allylic oxidation sites excluding steroid dienone is 1. The Bertz CT molecular complexity index is 918. The topological polar surface area (TPSA) is 99.4 Å². The maximum Gasteiger partial charge on any atom is 0.186 e. The van der Waals surface area contributed by atoms with Crippen LogP contribution in [0.4, 0.5) is 0 Å². The van der Waals surface area contributed by atoms with E-state index >= 15 is 0 Å². The van der Waals surface area contributed by atoms with Crippen molar-refractivity contribution in [3.63, 3.8) is 0 Å². The van der Waals surface area contributed by atoms with Crippen molar-refractivity contribution in [2.24, 2.45) is 52.3 Å². The Morgan fingerprint density at radius 1 is 0.951 bits per heavy atom. The summed E-state index contributed by atoms with van der Waals surface area (Å²) < 4.78 is 11.9. The first-order valence-electron chi connectivity index (χ1n) is 17.1. The van der Waals surface area contributed by atoms with E-state index in [9.17, 15) is 20.4 Å². The predicted octanol–water partition coefficient (Wildman–Crippen LogP) is 5.85. The van der Waals surface area contributed by atoms with Crippen molar-refractivity contribution >= 4 is 0 Å². The number of rotatable bonds is 9. The molecule has 5 rings (SSSR count). The van der Waals surface area contributed by atoms with Crippen LogP contribution in [-0.2, 0) is 9.47 Å². The lowest BCUT2D eigenvalue weighted by atomic mass is 9.47. The van der Waals surface area contributed by atoms with Gasteiger partial charge in [0.2, 0.25) is 0 Å². The van der Waals surface area contributed by atoms with Crippen LogP contribution in [-0.4, -0.2) is 63.8 Å². The molecule has 0 aromatic carbocycles. The summed E-state index contributed by atoms with van der Waals surface area (Å²) >= 11 is 0. The van der Waals surface area contributed by atoms with Gasteiger partial charge in [0.1, 0.15) is 24.4 Å². The third-order valence-electron chi connectivity index (χ3n) is 13.5. The Morgan fingerprint density at radius 2 is 1.71 bits per heavy atom. The molecule has 0 aromatic rings. The van der Waals surface area contributed by atoms with Crippen LogP contribution in [0.25, 0.3) is 0 Å². The Hall–Kier alpha value is -0.500. The molecule has 41 heavy (non-hydrogen) atoms. The fourth-order valence-corrected chi connectivity index (χ4v) is 10.8. The number of ether oxygens (including phenoxy) is 2. The second-order valence-corrected chi connectivity index (χ2v) is 15.7. The van der Waals surface area contributed by atoms with E-state index in [4.69, 9.17) is 9.47 Å². The minimum Gasteiger partial charge on any atom is -0.394 e. The normalized spacial score (nSPS) is 47.7. The molecule has 0 amide bonds. The maximum absolute atomic E-state index is 10.5. The minimum atomic E-state index is -1.40. The number of hydrogen-bond acceptors (Lipinski definition) is 6. The van der Waals surface area contributed by atoms with Crippen molar-refractivity contribution in [2.75, 3.05) is 6.61 Å². The molecule has 0 aromatic heterocycles. The molecule has 1 saturated heterocycles. The highest BCUT2D eigenvalue weighted by atomic mass is 16.7. The van der Waals surface area contributed by atoms with Gasteiger partial charge in [-0.05, 0) is 110 Å². The molecule has 4 aliphatic carbocycles. The van der Waals surface area contributed by atoms with Gasteiger partial charge >= 0.3 is 0 Å². The molecule has 6 nitrogen and oxygen atoms in total. The lowest BCUT2D eigenvalue weighted by molar-refractivity contribution is -0.313. The van der Waals surface area contributed by atoms with E-state index in [1.165, 1.54) is 56.9 Å². The van der Waals surface area contributed by atoms with E-state index in [0.29, 0.717) is 5.41 Å². The maximum atomic E-state index is 10.5. The third kappa shape index (κ3) is 5.73. The summed E-state index contributed by atoms with van der Waals surface area (Å²) in [5, 5.41) is 40.4. The molecule has 14 atom stereocenters. The molecule has 3 saturated carbocycles. The SMILES string of the molecule is CC[C@@H](CC[C@H](C)[C@@H]1CC[C@@H]2[C@H]3CC=C4C[C@@H](O[C@@H]5O[C@H](CO)[C@@H](O)[C@H](O)[C@H]5O)CC[C@]4(C)[C@@H]3CC[C@@]21C)C(C)C. The van der Waals surface area contributed by atoms with E-state index in [0.717, 1.165) is 60.7 Å². The Kier molecular flexibility index (Phi) is 9.71. The average molecular weight is 577 g/mol. The standard InChI is InChI=1S/C35H60O6/c1-7-22(20(2)3)9-8-21(4)26-12-13-27-25-11-10-23-18-24(14-16-34(23,5)28(25)15-17-35(26,27)6)40-33-32(39)31(38)30(37)29(19-36)41-33/h10,20-22,24-33,36-39H,7-9,11-19H2,1-6H3/t21-,22-,24-,25+,26-,27+,28+,29+,30+,31-,32+,33+,34-,35+/m0/s1. The highest BCUT2D eigenvalue weighted by molar-refractivity contribution is 5.25. The van der Waals surface area contributed by atoms with Crippen LogP contribution in [0.3, 0.4) is 0 Å². The van der Waals surface area contributed by atoms with Gasteiger partial charge < -0.3 is 29.9 Å². The largest absolute Gasteiger partial charge is 0.394 e. The molecule has 1 aliphatic heterocycles. The lowest BCUT2D eigenvalue weighted by Crippen LogP contribution is -2.60. The van der Waals surface area contributed by atoms with Gasteiger partial charge in [0.25, 0.3) is 0 Å². The molecule has 4 N–H and O–H groups in total. The monoisotopic (exact) mass is 576 g/mol. The average Bonchev–Trinajstić information content (AvgIpc) is 3.30. The van der Waals surface area contributed by atoms with E-state index in [1.807, 2.05) is 0 Å². The first-order chi connectivity index (χ1) is 19.4. The molecule has 0 unspecified atom stereocenters. The van der Waals surface area contributed by atoms with Gasteiger partial charge in [-0.2, -0.15) is 0 Å². The molecular formula is C35H60O6. The van der Waals surface area contributed by atoms with Crippen molar-refractivity contribution in [3.05, 3.63) is 11.6 Å². The zero-order valence-electron chi connectivity index (χ0n) is 26.7. The first kappa shape index (κ1) is 31.9. The predicted molar refractivity (Wildman–Crippen MR) is 161 cm³/mol. The molecular weight excluding hydrogens is 516 g/mol. The molecule has 236 valence electrons. The van der Waals surface area contributed by atoms with Crippen LogP contribution < -0.4 is 0 Å².